The molecular formula is C26H33N7O4S2. The van der Waals surface area contributed by atoms with Crippen molar-refractivity contribution < 1.29 is 17.9 Å². The molecule has 1 aromatic carbocycles. The van der Waals surface area contributed by atoms with Gasteiger partial charge in [-0.05, 0) is 43.2 Å². The number of urea groups is 1. The first-order valence-corrected chi connectivity index (χ1v) is 15.9. The molecule has 6 rings (SSSR count). The lowest BCUT2D eigenvalue weighted by Crippen LogP contribution is -2.47. The van der Waals surface area contributed by atoms with Crippen molar-refractivity contribution in [3.63, 3.8) is 0 Å². The Morgan fingerprint density at radius 2 is 1.77 bits per heavy atom. The standard InChI is InChI=1S/C26H33N7O4S2/c1-27-26(34)28-18-5-3-17(4-6-18)24-29-22-13-21(16-31-9-11-33(12-10-31)39(2,35)36)38-23(22)25(30-24)32-14-19-7-8-20(15-32)37-19/h3-6,13,19-20H,7-12,14-16H2,1-2H3,(H2,27,28,34). The number of morpholine rings is 1. The number of hydrogen-bond donors (Lipinski definition) is 2. The van der Waals surface area contributed by atoms with Crippen LogP contribution in [-0.2, 0) is 21.3 Å². The van der Waals surface area contributed by atoms with Gasteiger partial charge in [0.05, 0.1) is 28.7 Å². The number of nitrogens with zero attached hydrogens (tertiary/aromatic N) is 5. The molecular weight excluding hydrogens is 538 g/mol. The molecule has 0 saturated carbocycles. The fourth-order valence-electron chi connectivity index (χ4n) is 5.51. The van der Waals surface area contributed by atoms with Gasteiger partial charge in [-0.25, -0.2) is 23.2 Å². The molecule has 3 saturated heterocycles. The molecule has 39 heavy (non-hydrogen) atoms. The van der Waals surface area contributed by atoms with E-state index < -0.39 is 10.0 Å². The molecule has 0 spiro atoms. The summed E-state index contributed by atoms with van der Waals surface area (Å²) in [5, 5.41) is 5.33. The summed E-state index contributed by atoms with van der Waals surface area (Å²) in [7, 11) is -1.57. The Morgan fingerprint density at radius 3 is 2.41 bits per heavy atom. The first-order chi connectivity index (χ1) is 18.7. The van der Waals surface area contributed by atoms with E-state index in [4.69, 9.17) is 14.7 Å². The van der Waals surface area contributed by atoms with E-state index in [9.17, 15) is 13.2 Å². The van der Waals surface area contributed by atoms with Crippen molar-refractivity contribution in [2.45, 2.75) is 31.6 Å². The zero-order chi connectivity index (χ0) is 27.1. The lowest BCUT2D eigenvalue weighted by atomic mass is 10.2. The van der Waals surface area contributed by atoms with Gasteiger partial charge in [0, 0.05) is 69.0 Å². The predicted molar refractivity (Wildman–Crippen MR) is 153 cm³/mol. The summed E-state index contributed by atoms with van der Waals surface area (Å²) >= 11 is 1.72. The largest absolute Gasteiger partial charge is 0.371 e. The number of piperazine rings is 1. The average molecular weight is 572 g/mol. The second kappa shape index (κ2) is 10.6. The molecule has 13 heteroatoms. The zero-order valence-electron chi connectivity index (χ0n) is 22.1. The highest BCUT2D eigenvalue weighted by atomic mass is 32.2. The minimum Gasteiger partial charge on any atom is -0.371 e. The highest BCUT2D eigenvalue weighted by Crippen LogP contribution is 2.38. The molecule has 208 valence electrons. The van der Waals surface area contributed by atoms with E-state index >= 15 is 0 Å². The summed E-state index contributed by atoms with van der Waals surface area (Å²) in [6.07, 6.45) is 3.90. The predicted octanol–water partition coefficient (Wildman–Crippen LogP) is 2.55. The Bertz CT molecular complexity index is 1460. The smallest absolute Gasteiger partial charge is 0.318 e. The van der Waals surface area contributed by atoms with Gasteiger partial charge in [0.2, 0.25) is 10.0 Å². The number of rotatable bonds is 6. The number of carbonyl (C=O) groups is 1. The summed E-state index contributed by atoms with van der Waals surface area (Å²) in [5.41, 5.74) is 2.48. The fourth-order valence-corrected chi connectivity index (χ4v) is 7.49. The monoisotopic (exact) mass is 571 g/mol. The third-order valence-electron chi connectivity index (χ3n) is 7.56. The van der Waals surface area contributed by atoms with Crippen molar-refractivity contribution in [1.29, 1.82) is 0 Å². The van der Waals surface area contributed by atoms with Crippen LogP contribution in [0.1, 0.15) is 17.7 Å². The second-order valence-corrected chi connectivity index (χ2v) is 13.5. The van der Waals surface area contributed by atoms with E-state index in [1.165, 1.54) is 11.1 Å². The number of carbonyl (C=O) groups excluding carboxylic acids is 1. The number of anilines is 2. The van der Waals surface area contributed by atoms with Crippen LogP contribution in [0.5, 0.6) is 0 Å². The summed E-state index contributed by atoms with van der Waals surface area (Å²) in [5.74, 6) is 1.59. The molecule has 3 aliphatic rings. The van der Waals surface area contributed by atoms with E-state index in [0.717, 1.165) is 54.1 Å². The van der Waals surface area contributed by atoms with Gasteiger partial charge in [0.1, 0.15) is 0 Å². The van der Waals surface area contributed by atoms with Crippen LogP contribution in [0.25, 0.3) is 21.6 Å². The number of amides is 2. The molecule has 3 aromatic rings. The highest BCUT2D eigenvalue weighted by Gasteiger charge is 2.35. The van der Waals surface area contributed by atoms with Gasteiger partial charge in [0.25, 0.3) is 0 Å². The van der Waals surface area contributed by atoms with Crippen LogP contribution < -0.4 is 15.5 Å². The van der Waals surface area contributed by atoms with Crippen molar-refractivity contribution in [3.8, 4) is 11.4 Å². The molecule has 2 unspecified atom stereocenters. The van der Waals surface area contributed by atoms with Crippen LogP contribution in [0.2, 0.25) is 0 Å². The molecule has 2 bridgehead atoms. The number of hydrogen-bond acceptors (Lipinski definition) is 9. The lowest BCUT2D eigenvalue weighted by molar-refractivity contribution is 0.0303. The van der Waals surface area contributed by atoms with Crippen LogP contribution in [-0.4, -0.2) is 98.4 Å². The average Bonchev–Trinajstić information content (AvgIpc) is 3.49. The Labute approximate surface area is 232 Å². The number of thiophene rings is 1. The number of aromatic nitrogens is 2. The van der Waals surface area contributed by atoms with Crippen molar-refractivity contribution >= 4 is 49.1 Å². The molecule has 3 aliphatic heterocycles. The second-order valence-electron chi connectivity index (χ2n) is 10.4. The number of benzene rings is 1. The summed E-state index contributed by atoms with van der Waals surface area (Å²) in [6, 6.07) is 9.42. The maximum atomic E-state index is 11.9. The van der Waals surface area contributed by atoms with Gasteiger partial charge in [-0.1, -0.05) is 0 Å². The Morgan fingerprint density at radius 1 is 1.08 bits per heavy atom. The van der Waals surface area contributed by atoms with Crippen LogP contribution >= 0.6 is 11.3 Å². The summed E-state index contributed by atoms with van der Waals surface area (Å²) < 4.78 is 32.5. The van der Waals surface area contributed by atoms with Gasteiger partial charge in [-0.15, -0.1) is 11.3 Å². The maximum Gasteiger partial charge on any atom is 0.318 e. The van der Waals surface area contributed by atoms with Crippen molar-refractivity contribution in [2.75, 3.05) is 62.8 Å². The third-order valence-corrected chi connectivity index (χ3v) is 9.96. The Kier molecular flexibility index (Phi) is 7.18. The molecule has 2 aromatic heterocycles. The normalized spacial score (nSPS) is 22.4. The minimum absolute atomic E-state index is 0.234. The van der Waals surface area contributed by atoms with E-state index in [1.54, 1.807) is 22.7 Å². The summed E-state index contributed by atoms with van der Waals surface area (Å²) in [6.45, 7) is 4.82. The van der Waals surface area contributed by atoms with Crippen molar-refractivity contribution in [3.05, 3.63) is 35.2 Å². The SMILES string of the molecule is CNC(=O)Nc1ccc(-c2nc(N3CC4CCC(C3)O4)c3sc(CN4CCN(S(C)(=O)=O)CC4)cc3n2)cc1. The Hall–Kier alpha value is -2.84. The zero-order valence-corrected chi connectivity index (χ0v) is 23.7. The number of nitrogens with one attached hydrogen (secondary N) is 2. The molecule has 11 nitrogen and oxygen atoms in total. The minimum atomic E-state index is -3.15. The van der Waals surface area contributed by atoms with Crippen LogP contribution in [0.15, 0.2) is 30.3 Å². The lowest BCUT2D eigenvalue weighted by Gasteiger charge is -2.33. The molecule has 2 amide bonds. The summed E-state index contributed by atoms with van der Waals surface area (Å²) in [4.78, 5) is 27.5. The first-order valence-electron chi connectivity index (χ1n) is 13.2. The topological polar surface area (TPSA) is 120 Å². The van der Waals surface area contributed by atoms with Gasteiger partial charge < -0.3 is 20.3 Å². The molecule has 3 fully saturated rings. The van der Waals surface area contributed by atoms with Gasteiger partial charge >= 0.3 is 6.03 Å². The van der Waals surface area contributed by atoms with E-state index in [-0.39, 0.29) is 18.2 Å². The fraction of sp³-hybridized carbons (Fsp3) is 0.500. The first kappa shape index (κ1) is 26.4. The quantitative estimate of drug-likeness (QED) is 0.463. The van der Waals surface area contributed by atoms with Gasteiger partial charge in [0.15, 0.2) is 11.6 Å². The highest BCUT2D eigenvalue weighted by molar-refractivity contribution is 7.88. The maximum absolute atomic E-state index is 11.9. The third kappa shape index (κ3) is 5.73. The molecule has 0 aliphatic carbocycles. The van der Waals surface area contributed by atoms with Crippen LogP contribution in [0, 0.1) is 0 Å². The van der Waals surface area contributed by atoms with Crippen molar-refractivity contribution in [1.82, 2.24) is 24.5 Å². The van der Waals surface area contributed by atoms with Crippen LogP contribution in [0.4, 0.5) is 16.3 Å². The van der Waals surface area contributed by atoms with Gasteiger partial charge in [-0.3, -0.25) is 4.90 Å². The molecule has 5 heterocycles. The number of ether oxygens (including phenoxy) is 1. The molecule has 0 radical (unpaired) electrons. The van der Waals surface area contributed by atoms with E-state index in [2.05, 4.69) is 26.5 Å². The molecule has 2 atom stereocenters. The van der Waals surface area contributed by atoms with Crippen LogP contribution in [0.3, 0.4) is 0 Å². The van der Waals surface area contributed by atoms with E-state index in [0.29, 0.717) is 37.7 Å². The van der Waals surface area contributed by atoms with Gasteiger partial charge in [-0.2, -0.15) is 4.31 Å². The molecule has 2 N–H and O–H groups in total. The van der Waals surface area contributed by atoms with Crippen molar-refractivity contribution in [2.24, 2.45) is 0 Å². The number of fused-ring (bicyclic) bond motifs is 3. The Balaban J connectivity index is 1.30. The number of sulfonamides is 1. The van der Waals surface area contributed by atoms with E-state index in [1.807, 2.05) is 24.3 Å².